The first kappa shape index (κ1) is 13.6. The van der Waals surface area contributed by atoms with Gasteiger partial charge in [0.15, 0.2) is 5.13 Å². The lowest BCUT2D eigenvalue weighted by Crippen LogP contribution is -2.20. The van der Waals surface area contributed by atoms with E-state index in [1.807, 2.05) is 18.2 Å². The number of rotatable bonds is 5. The quantitative estimate of drug-likeness (QED) is 0.917. The molecule has 0 radical (unpaired) electrons. The van der Waals surface area contributed by atoms with Crippen LogP contribution in [-0.2, 0) is 6.54 Å². The van der Waals surface area contributed by atoms with Gasteiger partial charge in [0.1, 0.15) is 0 Å². The number of hydrogen-bond acceptors (Lipinski definition) is 4. The van der Waals surface area contributed by atoms with E-state index in [9.17, 15) is 0 Å². The number of aromatic nitrogens is 1. The van der Waals surface area contributed by atoms with E-state index in [0.717, 1.165) is 34.8 Å². The molecule has 1 aromatic carbocycles. The van der Waals surface area contributed by atoms with Gasteiger partial charge in [-0.25, -0.2) is 4.98 Å². The molecule has 0 spiro atoms. The number of anilines is 1. The Morgan fingerprint density at radius 2 is 2.05 bits per heavy atom. The molecule has 106 valence electrons. The molecule has 1 fully saturated rings. The molecule has 0 aliphatic heterocycles. The molecule has 1 aliphatic carbocycles. The van der Waals surface area contributed by atoms with Gasteiger partial charge in [0.2, 0.25) is 0 Å². The second-order valence-corrected chi connectivity index (χ2v) is 6.75. The molecule has 1 aliphatic rings. The minimum Gasteiger partial charge on any atom is -0.351 e. The van der Waals surface area contributed by atoms with Crippen molar-refractivity contribution in [2.24, 2.45) is 17.6 Å². The van der Waals surface area contributed by atoms with Gasteiger partial charge in [-0.3, -0.25) is 0 Å². The van der Waals surface area contributed by atoms with Crippen LogP contribution < -0.4 is 10.6 Å². The maximum atomic E-state index is 5.89. The van der Waals surface area contributed by atoms with Crippen molar-refractivity contribution in [1.82, 2.24) is 4.98 Å². The van der Waals surface area contributed by atoms with Gasteiger partial charge >= 0.3 is 0 Å². The number of benzene rings is 1. The van der Waals surface area contributed by atoms with Crippen molar-refractivity contribution < 1.29 is 0 Å². The molecule has 3 nitrogen and oxygen atoms in total. The average Bonchev–Trinajstić information content (AvgIpc) is 3.01. The van der Waals surface area contributed by atoms with Crippen LogP contribution in [0.2, 0.25) is 0 Å². The summed E-state index contributed by atoms with van der Waals surface area (Å²) in [5.41, 5.74) is 8.09. The minimum absolute atomic E-state index is 0.551. The maximum Gasteiger partial charge on any atom is 0.185 e. The first-order valence-corrected chi connectivity index (χ1v) is 7.97. The van der Waals surface area contributed by atoms with E-state index in [1.165, 1.54) is 11.3 Å². The van der Waals surface area contributed by atoms with Crippen molar-refractivity contribution in [2.45, 2.75) is 19.9 Å². The average molecular weight is 287 g/mol. The fourth-order valence-electron chi connectivity index (χ4n) is 2.55. The van der Waals surface area contributed by atoms with Gasteiger partial charge in [0.05, 0.1) is 5.69 Å². The lowest BCUT2D eigenvalue weighted by molar-refractivity contribution is 0.724. The highest BCUT2D eigenvalue weighted by Crippen LogP contribution is 2.40. The van der Waals surface area contributed by atoms with Crippen LogP contribution in [0.4, 0.5) is 5.13 Å². The second-order valence-electron chi connectivity index (χ2n) is 5.69. The van der Waals surface area contributed by atoms with Gasteiger partial charge in [-0.15, -0.1) is 0 Å². The van der Waals surface area contributed by atoms with Gasteiger partial charge in [0.25, 0.3) is 0 Å². The molecule has 1 aromatic heterocycles. The first-order valence-electron chi connectivity index (χ1n) is 7.15. The van der Waals surface area contributed by atoms with E-state index in [-0.39, 0.29) is 0 Å². The smallest absolute Gasteiger partial charge is 0.185 e. The van der Waals surface area contributed by atoms with E-state index in [1.54, 1.807) is 11.3 Å². The molecule has 2 atom stereocenters. The summed E-state index contributed by atoms with van der Waals surface area (Å²) in [6.07, 6.45) is 1.35. The Morgan fingerprint density at radius 1 is 1.35 bits per heavy atom. The summed E-state index contributed by atoms with van der Waals surface area (Å²) in [6, 6.07) is 10.3. The zero-order valence-corrected chi connectivity index (χ0v) is 12.9. The topological polar surface area (TPSA) is 42.2 Å². The van der Waals surface area contributed by atoms with Crippen LogP contribution in [-0.4, -0.2) is 18.6 Å². The van der Waals surface area contributed by atoms with Crippen molar-refractivity contribution in [3.8, 4) is 11.3 Å². The summed E-state index contributed by atoms with van der Waals surface area (Å²) in [7, 11) is 2.14. The van der Waals surface area contributed by atoms with Crippen molar-refractivity contribution in [2.75, 3.05) is 18.5 Å². The van der Waals surface area contributed by atoms with Crippen LogP contribution in [0.15, 0.2) is 30.3 Å². The Labute approximate surface area is 124 Å². The summed E-state index contributed by atoms with van der Waals surface area (Å²) in [6.45, 7) is 3.98. The third-order valence-electron chi connectivity index (χ3n) is 4.03. The molecule has 0 saturated heterocycles. The monoisotopic (exact) mass is 287 g/mol. The van der Waals surface area contributed by atoms with Crippen LogP contribution in [0, 0.1) is 11.8 Å². The Bertz CT molecular complexity index is 579. The van der Waals surface area contributed by atoms with Gasteiger partial charge < -0.3 is 10.6 Å². The molecule has 0 amide bonds. The Kier molecular flexibility index (Phi) is 3.76. The molecule has 2 N–H and O–H groups in total. The molecular weight excluding hydrogens is 266 g/mol. The number of thiazole rings is 1. The molecule has 20 heavy (non-hydrogen) atoms. The maximum absolute atomic E-state index is 5.89. The van der Waals surface area contributed by atoms with Crippen LogP contribution in [0.1, 0.15) is 18.2 Å². The molecule has 4 heteroatoms. The summed E-state index contributed by atoms with van der Waals surface area (Å²) in [5, 5.41) is 1.09. The van der Waals surface area contributed by atoms with Crippen LogP contribution >= 0.6 is 11.3 Å². The summed E-state index contributed by atoms with van der Waals surface area (Å²) >= 11 is 1.72. The largest absolute Gasteiger partial charge is 0.351 e. The third kappa shape index (κ3) is 2.72. The fraction of sp³-hybridized carbons (Fsp3) is 0.438. The SMILES string of the molecule is CC1CC1CN(C)c1nc(-c2ccccc2)c(CN)s1. The number of hydrogen-bond donors (Lipinski definition) is 1. The standard InChI is InChI=1S/C16H21N3S/c1-11-8-13(11)10-19(2)16-18-15(14(9-17)20-16)12-6-4-3-5-7-12/h3-7,11,13H,8-10,17H2,1-2H3. The molecule has 2 unspecified atom stereocenters. The van der Waals surface area contributed by atoms with E-state index < -0.39 is 0 Å². The normalized spacial score (nSPS) is 20.9. The highest BCUT2D eigenvalue weighted by Gasteiger charge is 2.33. The molecule has 1 saturated carbocycles. The molecule has 0 bridgehead atoms. The fourth-order valence-corrected chi connectivity index (χ4v) is 3.48. The lowest BCUT2D eigenvalue weighted by atomic mass is 10.1. The summed E-state index contributed by atoms with van der Waals surface area (Å²) in [4.78, 5) is 8.27. The zero-order chi connectivity index (χ0) is 14.1. The van der Waals surface area contributed by atoms with E-state index >= 15 is 0 Å². The minimum atomic E-state index is 0.551. The van der Waals surface area contributed by atoms with Crippen molar-refractivity contribution in [3.63, 3.8) is 0 Å². The zero-order valence-electron chi connectivity index (χ0n) is 12.0. The molecule has 2 aromatic rings. The van der Waals surface area contributed by atoms with Gasteiger partial charge in [0, 0.05) is 30.6 Å². The van der Waals surface area contributed by atoms with Crippen molar-refractivity contribution >= 4 is 16.5 Å². The van der Waals surface area contributed by atoms with Crippen LogP contribution in [0.3, 0.4) is 0 Å². The predicted molar refractivity (Wildman–Crippen MR) is 86.0 cm³/mol. The highest BCUT2D eigenvalue weighted by molar-refractivity contribution is 7.16. The molecule has 3 rings (SSSR count). The first-order chi connectivity index (χ1) is 9.69. The second kappa shape index (κ2) is 5.54. The summed E-state index contributed by atoms with van der Waals surface area (Å²) in [5.74, 6) is 1.71. The Balaban J connectivity index is 1.84. The van der Waals surface area contributed by atoms with Crippen LogP contribution in [0.5, 0.6) is 0 Å². The molecular formula is C16H21N3S. The predicted octanol–water partition coefficient (Wildman–Crippen LogP) is 3.36. The van der Waals surface area contributed by atoms with Gasteiger partial charge in [-0.2, -0.15) is 0 Å². The van der Waals surface area contributed by atoms with E-state index in [4.69, 9.17) is 10.7 Å². The van der Waals surface area contributed by atoms with E-state index in [0.29, 0.717) is 6.54 Å². The summed E-state index contributed by atoms with van der Waals surface area (Å²) < 4.78 is 0. The van der Waals surface area contributed by atoms with E-state index in [2.05, 4.69) is 31.0 Å². The number of nitrogens with two attached hydrogens (primary N) is 1. The van der Waals surface area contributed by atoms with Crippen LogP contribution in [0.25, 0.3) is 11.3 Å². The lowest BCUT2D eigenvalue weighted by Gasteiger charge is -2.15. The van der Waals surface area contributed by atoms with Crippen molar-refractivity contribution in [3.05, 3.63) is 35.2 Å². The van der Waals surface area contributed by atoms with Gasteiger partial charge in [-0.05, 0) is 18.3 Å². The number of nitrogens with zero attached hydrogens (tertiary/aromatic N) is 2. The van der Waals surface area contributed by atoms with Gasteiger partial charge in [-0.1, -0.05) is 48.6 Å². The Hall–Kier alpha value is -1.39. The highest BCUT2D eigenvalue weighted by atomic mass is 32.1. The molecule has 1 heterocycles. The Morgan fingerprint density at radius 3 is 2.65 bits per heavy atom. The third-order valence-corrected chi connectivity index (χ3v) is 5.22. The van der Waals surface area contributed by atoms with Crippen molar-refractivity contribution in [1.29, 1.82) is 0 Å².